The largest absolute Gasteiger partial charge is 0.490 e. The van der Waals surface area contributed by atoms with Gasteiger partial charge in [0.05, 0.1) is 24.7 Å². The number of likely N-dealkylation sites (tertiary alicyclic amines) is 1. The number of nitrogens with zero attached hydrogens (tertiary/aromatic N) is 2. The molecule has 2 saturated carbocycles. The Morgan fingerprint density at radius 2 is 1.77 bits per heavy atom. The van der Waals surface area contributed by atoms with E-state index in [-0.39, 0.29) is 30.0 Å². The van der Waals surface area contributed by atoms with Crippen LogP contribution < -0.4 is 15.4 Å². The van der Waals surface area contributed by atoms with E-state index in [0.29, 0.717) is 45.0 Å². The van der Waals surface area contributed by atoms with Crippen LogP contribution in [-0.4, -0.2) is 92.3 Å². The maximum atomic E-state index is 13.0. The van der Waals surface area contributed by atoms with Crippen molar-refractivity contribution in [1.29, 1.82) is 0 Å². The lowest BCUT2D eigenvalue weighted by Gasteiger charge is -2.33. The first-order chi connectivity index (χ1) is 25.5. The van der Waals surface area contributed by atoms with Gasteiger partial charge in [0.1, 0.15) is 11.9 Å². The molecule has 1 aromatic heterocycles. The van der Waals surface area contributed by atoms with Crippen molar-refractivity contribution in [2.45, 2.75) is 120 Å². The van der Waals surface area contributed by atoms with Crippen molar-refractivity contribution in [3.05, 3.63) is 82.6 Å². The van der Waals surface area contributed by atoms with Gasteiger partial charge in [0.25, 0.3) is 0 Å². The molecule has 6 rings (SSSR count). The van der Waals surface area contributed by atoms with Crippen LogP contribution in [0, 0.1) is 0 Å². The standard InChI is InChI=1S/C41H53ClN4O7/c1-26(5-4-8-38(49)46-19-14-29(15-20-46)44-25-36(48)40(52)35(47)22-39(50)51)27-9-12-34(42)28(21-27)23-45-41(16-17-41)33-24-43-18-13-31(33)32-6-2-3-7-37(32)53-30-10-11-30/h2-3,6-7,9,12-13,18,21,24,26,29-30,35-36,40,44-45,47-48,52H,4-5,8,10-11,14-17,19-20,22-23,25H2,1H3,(H,50,51)/t26?,35-,36+,40+/m1/s1. The molecular formula is C41H53ClN4O7. The van der Waals surface area contributed by atoms with Gasteiger partial charge in [0.2, 0.25) is 5.91 Å². The number of benzene rings is 2. The van der Waals surface area contributed by atoms with Crippen molar-refractivity contribution in [2.75, 3.05) is 19.6 Å². The number of carboxylic acids is 1. The van der Waals surface area contributed by atoms with Crippen molar-refractivity contribution in [1.82, 2.24) is 20.5 Å². The number of rotatable bonds is 19. The van der Waals surface area contributed by atoms with Gasteiger partial charge in [-0.1, -0.05) is 48.9 Å². The predicted octanol–water partition coefficient (Wildman–Crippen LogP) is 5.13. The number of hydrogen-bond donors (Lipinski definition) is 6. The van der Waals surface area contributed by atoms with Crippen molar-refractivity contribution >= 4 is 23.5 Å². The van der Waals surface area contributed by atoms with Crippen LogP contribution in [0.1, 0.15) is 93.7 Å². The highest BCUT2D eigenvalue weighted by molar-refractivity contribution is 6.31. The number of aliphatic carboxylic acids is 1. The first-order valence-electron chi connectivity index (χ1n) is 19.0. The molecule has 1 saturated heterocycles. The Morgan fingerprint density at radius 1 is 1.02 bits per heavy atom. The molecule has 0 bridgehead atoms. The Labute approximate surface area is 316 Å². The molecule has 12 heteroatoms. The van der Waals surface area contributed by atoms with Gasteiger partial charge in [-0.25, -0.2) is 0 Å². The zero-order valence-electron chi connectivity index (χ0n) is 30.4. The SMILES string of the molecule is CC(CCCC(=O)N1CCC(NC[C@H](O)[C@@H](O)[C@H](O)CC(=O)O)CC1)c1ccc(Cl)c(CNC2(c3cnccc3-c3ccccc3OC3CC3)CC2)c1. The van der Waals surface area contributed by atoms with E-state index in [1.807, 2.05) is 29.4 Å². The second-order valence-corrected chi connectivity index (χ2v) is 15.5. The van der Waals surface area contributed by atoms with E-state index in [0.717, 1.165) is 66.0 Å². The fraction of sp³-hybridized carbons (Fsp3) is 0.537. The first kappa shape index (κ1) is 39.1. The highest BCUT2D eigenvalue weighted by Crippen LogP contribution is 2.50. The van der Waals surface area contributed by atoms with Gasteiger partial charge in [0.15, 0.2) is 0 Å². The number of pyridine rings is 1. The van der Waals surface area contributed by atoms with E-state index in [1.165, 1.54) is 11.1 Å². The molecule has 1 unspecified atom stereocenters. The number of aromatic nitrogens is 1. The quantitative estimate of drug-likeness (QED) is 0.0969. The molecular weight excluding hydrogens is 696 g/mol. The molecule has 53 heavy (non-hydrogen) atoms. The van der Waals surface area contributed by atoms with Crippen LogP contribution in [0.15, 0.2) is 60.9 Å². The maximum absolute atomic E-state index is 13.0. The Balaban J connectivity index is 0.962. The first-order valence-corrected chi connectivity index (χ1v) is 19.4. The number of amides is 1. The Morgan fingerprint density at radius 3 is 2.49 bits per heavy atom. The molecule has 2 heterocycles. The third-order valence-electron chi connectivity index (χ3n) is 11.0. The molecule has 286 valence electrons. The predicted molar refractivity (Wildman–Crippen MR) is 203 cm³/mol. The van der Waals surface area contributed by atoms with Crippen molar-refractivity contribution in [2.24, 2.45) is 0 Å². The number of aliphatic hydroxyl groups is 3. The second kappa shape index (κ2) is 17.7. The maximum Gasteiger partial charge on any atom is 0.306 e. The van der Waals surface area contributed by atoms with E-state index in [4.69, 9.17) is 21.4 Å². The van der Waals surface area contributed by atoms with Crippen LogP contribution in [-0.2, 0) is 21.7 Å². The molecule has 2 aliphatic carbocycles. The zero-order chi connectivity index (χ0) is 37.5. The van der Waals surface area contributed by atoms with Gasteiger partial charge in [0, 0.05) is 67.2 Å². The Bertz CT molecular complexity index is 1710. The number of carbonyl (C=O) groups excluding carboxylic acids is 1. The average molecular weight is 749 g/mol. The topological polar surface area (TPSA) is 164 Å². The van der Waals surface area contributed by atoms with E-state index in [2.05, 4.69) is 58.9 Å². The molecule has 1 aliphatic heterocycles. The lowest BCUT2D eigenvalue weighted by atomic mass is 9.93. The van der Waals surface area contributed by atoms with Gasteiger partial charge < -0.3 is 40.7 Å². The molecule has 3 fully saturated rings. The number of hydrogen-bond acceptors (Lipinski definition) is 9. The van der Waals surface area contributed by atoms with Gasteiger partial charge in [-0.05, 0) is 97.7 Å². The summed E-state index contributed by atoms with van der Waals surface area (Å²) in [5.74, 6) is 0.0663. The summed E-state index contributed by atoms with van der Waals surface area (Å²) in [4.78, 5) is 30.2. The van der Waals surface area contributed by atoms with E-state index in [1.54, 1.807) is 0 Å². The average Bonchev–Trinajstić information content (AvgIpc) is 4.11. The minimum atomic E-state index is -1.55. The van der Waals surface area contributed by atoms with Crippen LogP contribution in [0.2, 0.25) is 5.02 Å². The van der Waals surface area contributed by atoms with E-state index >= 15 is 0 Å². The number of para-hydroxylation sites is 1. The smallest absolute Gasteiger partial charge is 0.306 e. The van der Waals surface area contributed by atoms with Crippen LogP contribution in [0.4, 0.5) is 0 Å². The van der Waals surface area contributed by atoms with Gasteiger partial charge >= 0.3 is 5.97 Å². The third kappa shape index (κ3) is 10.3. The summed E-state index contributed by atoms with van der Waals surface area (Å²) >= 11 is 6.74. The zero-order valence-corrected chi connectivity index (χ0v) is 31.2. The summed E-state index contributed by atoms with van der Waals surface area (Å²) in [6.07, 6.45) is 6.89. The van der Waals surface area contributed by atoms with Gasteiger partial charge in [-0.2, -0.15) is 0 Å². The van der Waals surface area contributed by atoms with Crippen LogP contribution >= 0.6 is 11.6 Å². The summed E-state index contributed by atoms with van der Waals surface area (Å²) in [5, 5.41) is 46.4. The molecule has 3 aliphatic rings. The highest BCUT2D eigenvalue weighted by atomic mass is 35.5. The molecule has 1 amide bonds. The molecule has 6 N–H and O–H groups in total. The number of halogens is 1. The molecule has 0 spiro atoms. The highest BCUT2D eigenvalue weighted by Gasteiger charge is 2.46. The van der Waals surface area contributed by atoms with Crippen molar-refractivity contribution in [3.63, 3.8) is 0 Å². The Hall–Kier alpha value is -3.58. The lowest BCUT2D eigenvalue weighted by Crippen LogP contribution is -2.49. The summed E-state index contributed by atoms with van der Waals surface area (Å²) in [5.41, 5.74) is 5.50. The fourth-order valence-electron chi connectivity index (χ4n) is 7.32. The van der Waals surface area contributed by atoms with Crippen LogP contribution in [0.5, 0.6) is 5.75 Å². The minimum absolute atomic E-state index is 0.0221. The second-order valence-electron chi connectivity index (χ2n) is 15.1. The number of nitrogens with one attached hydrogen (secondary N) is 2. The van der Waals surface area contributed by atoms with E-state index in [9.17, 15) is 24.9 Å². The van der Waals surface area contributed by atoms with E-state index < -0.39 is 30.7 Å². The Kier molecular flexibility index (Phi) is 13.1. The van der Waals surface area contributed by atoms with Crippen LogP contribution in [0.3, 0.4) is 0 Å². The molecule has 3 aromatic rings. The third-order valence-corrected chi connectivity index (χ3v) is 11.4. The summed E-state index contributed by atoms with van der Waals surface area (Å²) < 4.78 is 6.28. The molecule has 0 radical (unpaired) electrons. The van der Waals surface area contributed by atoms with Crippen LogP contribution in [0.25, 0.3) is 11.1 Å². The number of carboxylic acid groups (broad SMARTS) is 1. The number of aliphatic hydroxyl groups excluding tert-OH is 3. The number of carbonyl (C=O) groups is 2. The summed E-state index contributed by atoms with van der Waals surface area (Å²) in [7, 11) is 0. The minimum Gasteiger partial charge on any atom is -0.490 e. The lowest BCUT2D eigenvalue weighted by molar-refractivity contribution is -0.143. The monoisotopic (exact) mass is 748 g/mol. The molecule has 4 atom stereocenters. The molecule has 2 aromatic carbocycles. The normalized spacial score (nSPS) is 19.3. The number of ether oxygens (including phenoxy) is 1. The van der Waals surface area contributed by atoms with Crippen molar-refractivity contribution in [3.8, 4) is 16.9 Å². The summed E-state index contributed by atoms with van der Waals surface area (Å²) in [6.45, 7) is 4.04. The van der Waals surface area contributed by atoms with Gasteiger partial charge in [-0.3, -0.25) is 14.6 Å². The van der Waals surface area contributed by atoms with Crippen molar-refractivity contribution < 1.29 is 34.8 Å². The number of piperidine rings is 1. The fourth-order valence-corrected chi connectivity index (χ4v) is 7.50. The van der Waals surface area contributed by atoms with Gasteiger partial charge in [-0.15, -0.1) is 0 Å². The summed E-state index contributed by atoms with van der Waals surface area (Å²) in [6, 6.07) is 16.7. The molecule has 11 nitrogen and oxygen atoms in total.